The first-order valence-electron chi connectivity index (χ1n) is 8.78. The molecule has 3 aromatic rings. The van der Waals surface area contributed by atoms with Crippen LogP contribution in [0.15, 0.2) is 64.2 Å². The molecular weight excluding hydrogens is 394 g/mol. The number of carboxylic acids is 1. The van der Waals surface area contributed by atoms with E-state index in [2.05, 4.69) is 4.98 Å². The van der Waals surface area contributed by atoms with Crippen LogP contribution in [-0.4, -0.2) is 44.6 Å². The number of nitrogens with zero attached hydrogens (tertiary/aromatic N) is 2. The summed E-state index contributed by atoms with van der Waals surface area (Å²) in [6.45, 7) is 1.22. The largest absolute Gasteiger partial charge is 0.480 e. The van der Waals surface area contributed by atoms with Gasteiger partial charge in [-0.25, -0.2) is 8.42 Å². The Balaban J connectivity index is 2.11. The summed E-state index contributed by atoms with van der Waals surface area (Å²) in [5, 5.41) is 8.41. The van der Waals surface area contributed by atoms with Crippen LogP contribution in [0, 0.1) is 0 Å². The lowest BCUT2D eigenvalue weighted by Gasteiger charge is -2.12. The van der Waals surface area contributed by atoms with Gasteiger partial charge in [-0.2, -0.15) is 9.71 Å². The molecule has 2 N–H and O–H groups in total. The van der Waals surface area contributed by atoms with Crippen molar-refractivity contribution in [2.75, 3.05) is 19.0 Å². The van der Waals surface area contributed by atoms with E-state index < -0.39 is 27.3 Å². The van der Waals surface area contributed by atoms with Crippen molar-refractivity contribution in [3.05, 3.63) is 54.6 Å². The van der Waals surface area contributed by atoms with Crippen molar-refractivity contribution in [3.63, 3.8) is 0 Å². The van der Waals surface area contributed by atoms with Crippen LogP contribution in [0.4, 0.5) is 5.69 Å². The summed E-state index contributed by atoms with van der Waals surface area (Å²) < 4.78 is 32.8. The molecule has 0 radical (unpaired) electrons. The quantitative estimate of drug-likeness (QED) is 0.610. The van der Waals surface area contributed by atoms with Crippen molar-refractivity contribution in [2.45, 2.75) is 18.2 Å². The number of nitrogens with one attached hydrogen (secondary N) is 1. The molecule has 8 nitrogen and oxygen atoms in total. The van der Waals surface area contributed by atoms with E-state index >= 15 is 0 Å². The van der Waals surface area contributed by atoms with Crippen molar-refractivity contribution in [1.29, 1.82) is 0 Å². The third-order valence-corrected chi connectivity index (χ3v) is 5.53. The molecule has 29 heavy (non-hydrogen) atoms. The fourth-order valence-electron chi connectivity index (χ4n) is 2.65. The first kappa shape index (κ1) is 20.6. The standard InChI is InChI=1S/C20H21N3O5S/c1-13(19(24)25)22-29(26,27)20-21-17(14-7-5-4-6-8-14)18(28-20)15-9-11-16(12-10-15)23(2)3/h4-13,22H,1-3H3,(H,24,25). The average Bonchev–Trinajstić information content (AvgIpc) is 3.15. The third kappa shape index (κ3) is 4.47. The molecule has 0 fully saturated rings. The molecule has 0 saturated heterocycles. The SMILES string of the molecule is CC(NS(=O)(=O)c1nc(-c2ccccc2)c(-c2ccc(N(C)C)cc2)o1)C(=O)O. The van der Waals surface area contributed by atoms with Crippen molar-refractivity contribution in [3.8, 4) is 22.6 Å². The summed E-state index contributed by atoms with van der Waals surface area (Å²) in [6.07, 6.45) is 0. The number of rotatable bonds is 7. The number of hydrogen-bond donors (Lipinski definition) is 2. The number of carbonyl (C=O) groups is 1. The fraction of sp³-hybridized carbons (Fsp3) is 0.200. The lowest BCUT2D eigenvalue weighted by atomic mass is 10.1. The number of anilines is 1. The monoisotopic (exact) mass is 415 g/mol. The molecule has 0 aliphatic heterocycles. The lowest BCUT2D eigenvalue weighted by Crippen LogP contribution is -2.38. The molecule has 1 unspecified atom stereocenters. The predicted octanol–water partition coefficient (Wildman–Crippen LogP) is 2.83. The van der Waals surface area contributed by atoms with E-state index in [1.54, 1.807) is 12.1 Å². The molecule has 1 atom stereocenters. The molecule has 0 aliphatic carbocycles. The van der Waals surface area contributed by atoms with Gasteiger partial charge in [-0.05, 0) is 31.2 Å². The zero-order chi connectivity index (χ0) is 21.2. The summed E-state index contributed by atoms with van der Waals surface area (Å²) >= 11 is 0. The highest BCUT2D eigenvalue weighted by Gasteiger charge is 2.29. The van der Waals surface area contributed by atoms with Crippen LogP contribution >= 0.6 is 0 Å². The average molecular weight is 415 g/mol. The Morgan fingerprint density at radius 2 is 1.69 bits per heavy atom. The molecule has 0 aliphatic rings. The summed E-state index contributed by atoms with van der Waals surface area (Å²) in [7, 11) is -0.430. The number of benzene rings is 2. The van der Waals surface area contributed by atoms with E-state index in [1.165, 1.54) is 6.92 Å². The first-order chi connectivity index (χ1) is 13.7. The van der Waals surface area contributed by atoms with Crippen molar-refractivity contribution in [1.82, 2.24) is 9.71 Å². The van der Waals surface area contributed by atoms with E-state index in [9.17, 15) is 13.2 Å². The molecule has 1 heterocycles. The minimum absolute atomic E-state index is 0.282. The van der Waals surface area contributed by atoms with Crippen LogP contribution in [-0.2, 0) is 14.8 Å². The fourth-order valence-corrected chi connectivity index (χ4v) is 3.72. The summed E-state index contributed by atoms with van der Waals surface area (Å²) in [6, 6.07) is 15.1. The van der Waals surface area contributed by atoms with Crippen molar-refractivity contribution >= 4 is 21.7 Å². The van der Waals surface area contributed by atoms with Crippen LogP contribution in [0.2, 0.25) is 0 Å². The molecule has 2 aromatic carbocycles. The maximum Gasteiger partial charge on any atom is 0.331 e. The molecular formula is C20H21N3O5S. The number of aromatic nitrogens is 1. The maximum absolute atomic E-state index is 12.6. The van der Waals surface area contributed by atoms with Crippen LogP contribution in [0.5, 0.6) is 0 Å². The Morgan fingerprint density at radius 1 is 1.07 bits per heavy atom. The number of hydrogen-bond acceptors (Lipinski definition) is 6. The minimum Gasteiger partial charge on any atom is -0.480 e. The van der Waals surface area contributed by atoms with E-state index in [0.717, 1.165) is 5.69 Å². The predicted molar refractivity (Wildman–Crippen MR) is 109 cm³/mol. The van der Waals surface area contributed by atoms with E-state index in [0.29, 0.717) is 16.8 Å². The van der Waals surface area contributed by atoms with Crippen LogP contribution in [0.3, 0.4) is 0 Å². The Hall–Kier alpha value is -3.17. The van der Waals surface area contributed by atoms with E-state index in [-0.39, 0.29) is 5.76 Å². The molecule has 0 saturated carbocycles. The van der Waals surface area contributed by atoms with Crippen LogP contribution in [0.1, 0.15) is 6.92 Å². The summed E-state index contributed by atoms with van der Waals surface area (Å²) in [5.41, 5.74) is 2.65. The Bertz CT molecular complexity index is 1110. The Labute approximate surface area is 168 Å². The van der Waals surface area contributed by atoms with Crippen LogP contribution in [0.25, 0.3) is 22.6 Å². The second-order valence-electron chi connectivity index (χ2n) is 6.65. The minimum atomic E-state index is -4.26. The van der Waals surface area contributed by atoms with Crippen molar-refractivity contribution in [2.24, 2.45) is 0 Å². The lowest BCUT2D eigenvalue weighted by molar-refractivity contribution is -0.138. The number of aliphatic carboxylic acids is 1. The van der Waals surface area contributed by atoms with Gasteiger partial charge in [0.2, 0.25) is 0 Å². The van der Waals surface area contributed by atoms with Gasteiger partial charge in [-0.1, -0.05) is 30.3 Å². The number of oxazole rings is 1. The Morgan fingerprint density at radius 3 is 2.24 bits per heavy atom. The smallest absolute Gasteiger partial charge is 0.331 e. The van der Waals surface area contributed by atoms with Gasteiger partial charge in [-0.3, -0.25) is 4.79 Å². The van der Waals surface area contributed by atoms with Gasteiger partial charge in [0.15, 0.2) is 5.76 Å². The second-order valence-corrected chi connectivity index (χ2v) is 8.24. The molecule has 0 bridgehead atoms. The molecule has 3 rings (SSSR count). The van der Waals surface area contributed by atoms with Gasteiger partial charge >= 0.3 is 11.2 Å². The normalized spacial score (nSPS) is 12.5. The molecule has 1 aromatic heterocycles. The van der Waals surface area contributed by atoms with Gasteiger partial charge < -0.3 is 14.4 Å². The van der Waals surface area contributed by atoms with Gasteiger partial charge in [0.25, 0.3) is 10.0 Å². The van der Waals surface area contributed by atoms with Gasteiger partial charge in [0.1, 0.15) is 11.7 Å². The van der Waals surface area contributed by atoms with Crippen LogP contribution < -0.4 is 9.62 Å². The van der Waals surface area contributed by atoms with E-state index in [4.69, 9.17) is 9.52 Å². The highest BCUT2D eigenvalue weighted by molar-refractivity contribution is 7.89. The van der Waals surface area contributed by atoms with Gasteiger partial charge in [-0.15, -0.1) is 0 Å². The highest BCUT2D eigenvalue weighted by Crippen LogP contribution is 2.34. The zero-order valence-corrected chi connectivity index (χ0v) is 17.0. The maximum atomic E-state index is 12.6. The number of sulfonamides is 1. The Kier molecular flexibility index (Phi) is 5.71. The molecule has 0 spiro atoms. The van der Waals surface area contributed by atoms with Gasteiger partial charge in [0, 0.05) is 30.9 Å². The van der Waals surface area contributed by atoms with Crippen molar-refractivity contribution < 1.29 is 22.7 Å². The molecule has 9 heteroatoms. The second kappa shape index (κ2) is 8.06. The molecule has 0 amide bonds. The topological polar surface area (TPSA) is 113 Å². The van der Waals surface area contributed by atoms with E-state index in [1.807, 2.05) is 66.2 Å². The first-order valence-corrected chi connectivity index (χ1v) is 10.3. The number of carboxylic acid groups (broad SMARTS) is 1. The summed E-state index contributed by atoms with van der Waals surface area (Å²) in [4.78, 5) is 17.1. The molecule has 152 valence electrons. The zero-order valence-electron chi connectivity index (χ0n) is 16.2. The van der Waals surface area contributed by atoms with Gasteiger partial charge in [0.05, 0.1) is 0 Å². The highest BCUT2D eigenvalue weighted by atomic mass is 32.2. The summed E-state index contributed by atoms with van der Waals surface area (Å²) in [5.74, 6) is -1.02. The third-order valence-electron chi connectivity index (χ3n) is 4.23.